The minimum Gasteiger partial charge on any atom is -0.310 e. The molecule has 0 saturated carbocycles. The summed E-state index contributed by atoms with van der Waals surface area (Å²) in [6, 6.07) is 20.2. The van der Waals surface area contributed by atoms with Crippen LogP contribution in [0.3, 0.4) is 0 Å². The van der Waals surface area contributed by atoms with Gasteiger partial charge in [-0.1, -0.05) is 82.3 Å². The highest BCUT2D eigenvalue weighted by Gasteiger charge is 2.15. The van der Waals surface area contributed by atoms with Crippen molar-refractivity contribution >= 4 is 0 Å². The van der Waals surface area contributed by atoms with E-state index in [0.29, 0.717) is 6.04 Å². The molecule has 0 saturated heterocycles. The van der Waals surface area contributed by atoms with E-state index < -0.39 is 0 Å². The molecule has 0 bridgehead atoms. The molecular weight excluding hydrogens is 254 g/mol. The second-order valence-electron chi connectivity index (χ2n) is 6.67. The van der Waals surface area contributed by atoms with E-state index in [1.165, 1.54) is 16.7 Å². The lowest BCUT2D eigenvalue weighted by Crippen LogP contribution is -2.23. The van der Waals surface area contributed by atoms with E-state index in [2.05, 4.69) is 87.6 Å². The summed E-state index contributed by atoms with van der Waals surface area (Å²) < 4.78 is 0. The summed E-state index contributed by atoms with van der Waals surface area (Å²) in [7, 11) is 0. The zero-order valence-electron chi connectivity index (χ0n) is 13.7. The fourth-order valence-corrected chi connectivity index (χ4v) is 2.62. The van der Waals surface area contributed by atoms with E-state index in [1.54, 1.807) is 0 Å². The van der Waals surface area contributed by atoms with Gasteiger partial charge in [0.1, 0.15) is 0 Å². The fourth-order valence-electron chi connectivity index (χ4n) is 2.62. The van der Waals surface area contributed by atoms with Gasteiger partial charge in [-0.15, -0.1) is 0 Å². The quantitative estimate of drug-likeness (QED) is 0.824. The predicted octanol–water partition coefficient (Wildman–Crippen LogP) is 4.88. The van der Waals surface area contributed by atoms with Crippen LogP contribution in [0.5, 0.6) is 0 Å². The first kappa shape index (κ1) is 15.8. The Hall–Kier alpha value is -1.60. The molecule has 1 atom stereocenters. The molecule has 1 unspecified atom stereocenters. The summed E-state index contributed by atoms with van der Waals surface area (Å²) in [6.07, 6.45) is 1.03. The fraction of sp³-hybridized carbons (Fsp3) is 0.400. The van der Waals surface area contributed by atoms with Crippen molar-refractivity contribution in [2.75, 3.05) is 6.54 Å². The van der Waals surface area contributed by atoms with Gasteiger partial charge in [0.25, 0.3) is 0 Å². The van der Waals surface area contributed by atoms with E-state index in [1.807, 2.05) is 0 Å². The normalized spacial score (nSPS) is 13.1. The third-order valence-electron chi connectivity index (χ3n) is 3.91. The first-order chi connectivity index (χ1) is 10.0. The molecule has 112 valence electrons. The van der Waals surface area contributed by atoms with Crippen LogP contribution >= 0.6 is 0 Å². The molecule has 0 radical (unpaired) electrons. The van der Waals surface area contributed by atoms with Crippen molar-refractivity contribution in [1.29, 1.82) is 0 Å². The average Bonchev–Trinajstić information content (AvgIpc) is 2.47. The van der Waals surface area contributed by atoms with Gasteiger partial charge in [0.15, 0.2) is 0 Å². The zero-order chi connectivity index (χ0) is 15.3. The summed E-state index contributed by atoms with van der Waals surface area (Å²) in [5, 5.41) is 3.61. The minimum atomic E-state index is 0.214. The largest absolute Gasteiger partial charge is 0.310 e. The Labute approximate surface area is 129 Å². The highest BCUT2D eigenvalue weighted by atomic mass is 14.9. The maximum absolute atomic E-state index is 3.61. The molecule has 2 aromatic rings. The molecule has 1 heteroatoms. The van der Waals surface area contributed by atoms with E-state index in [-0.39, 0.29) is 5.41 Å². The van der Waals surface area contributed by atoms with Crippen LogP contribution in [0.1, 0.15) is 50.4 Å². The van der Waals surface area contributed by atoms with Crippen LogP contribution in [0.4, 0.5) is 0 Å². The van der Waals surface area contributed by atoms with Crippen molar-refractivity contribution in [2.45, 2.75) is 45.6 Å². The maximum Gasteiger partial charge on any atom is 0.0360 e. The minimum absolute atomic E-state index is 0.214. The van der Waals surface area contributed by atoms with Crippen molar-refractivity contribution in [3.8, 4) is 0 Å². The molecule has 0 heterocycles. The predicted molar refractivity (Wildman–Crippen MR) is 91.7 cm³/mol. The summed E-state index contributed by atoms with van der Waals surface area (Å²) >= 11 is 0. The highest BCUT2D eigenvalue weighted by Crippen LogP contribution is 2.25. The van der Waals surface area contributed by atoms with E-state index in [0.717, 1.165) is 13.0 Å². The summed E-state index contributed by atoms with van der Waals surface area (Å²) in [6.45, 7) is 9.93. The number of rotatable bonds is 5. The third kappa shape index (κ3) is 4.44. The van der Waals surface area contributed by atoms with Gasteiger partial charge in [-0.05, 0) is 35.1 Å². The summed E-state index contributed by atoms with van der Waals surface area (Å²) in [5.41, 5.74) is 4.35. The molecule has 2 rings (SSSR count). The molecule has 0 amide bonds. The van der Waals surface area contributed by atoms with Crippen LogP contribution in [-0.4, -0.2) is 6.54 Å². The van der Waals surface area contributed by atoms with Crippen LogP contribution in [0, 0.1) is 0 Å². The second-order valence-corrected chi connectivity index (χ2v) is 6.67. The second kappa shape index (κ2) is 6.91. The van der Waals surface area contributed by atoms with Crippen molar-refractivity contribution in [2.24, 2.45) is 0 Å². The van der Waals surface area contributed by atoms with Gasteiger partial charge in [-0.3, -0.25) is 0 Å². The molecule has 21 heavy (non-hydrogen) atoms. The first-order valence-electron chi connectivity index (χ1n) is 7.88. The Morgan fingerprint density at radius 3 is 2.05 bits per heavy atom. The van der Waals surface area contributed by atoms with E-state index in [9.17, 15) is 0 Å². The maximum atomic E-state index is 3.61. The molecule has 0 aliphatic carbocycles. The zero-order valence-corrected chi connectivity index (χ0v) is 13.7. The Morgan fingerprint density at radius 1 is 0.905 bits per heavy atom. The lowest BCUT2D eigenvalue weighted by atomic mass is 9.86. The molecule has 0 aliphatic rings. The van der Waals surface area contributed by atoms with E-state index >= 15 is 0 Å². The van der Waals surface area contributed by atoms with Crippen molar-refractivity contribution in [1.82, 2.24) is 5.32 Å². The van der Waals surface area contributed by atoms with Crippen molar-refractivity contribution in [3.63, 3.8) is 0 Å². The Morgan fingerprint density at radius 2 is 1.52 bits per heavy atom. The standard InChI is InChI=1S/C20H27N/c1-5-21-19(15-16-9-7-6-8-10-16)17-11-13-18(14-12-17)20(2,3)4/h6-14,19,21H,5,15H2,1-4H3. The van der Waals surface area contributed by atoms with Crippen LogP contribution in [0.25, 0.3) is 0 Å². The lowest BCUT2D eigenvalue weighted by molar-refractivity contribution is 0.547. The third-order valence-corrected chi connectivity index (χ3v) is 3.91. The SMILES string of the molecule is CCNC(Cc1ccccc1)c1ccc(C(C)(C)C)cc1. The smallest absolute Gasteiger partial charge is 0.0360 e. The number of nitrogens with one attached hydrogen (secondary N) is 1. The molecule has 1 nitrogen and oxygen atoms in total. The van der Waals surface area contributed by atoms with Crippen molar-refractivity contribution in [3.05, 3.63) is 71.3 Å². The Kier molecular flexibility index (Phi) is 5.19. The number of hydrogen-bond acceptors (Lipinski definition) is 1. The van der Waals surface area contributed by atoms with Gasteiger partial charge >= 0.3 is 0 Å². The van der Waals surface area contributed by atoms with Crippen LogP contribution in [0.15, 0.2) is 54.6 Å². The van der Waals surface area contributed by atoms with Gasteiger partial charge in [-0.25, -0.2) is 0 Å². The Bertz CT molecular complexity index is 534. The topological polar surface area (TPSA) is 12.0 Å². The van der Waals surface area contributed by atoms with Crippen molar-refractivity contribution < 1.29 is 0 Å². The monoisotopic (exact) mass is 281 g/mol. The molecule has 0 aliphatic heterocycles. The molecule has 0 spiro atoms. The number of benzene rings is 2. The van der Waals surface area contributed by atoms with Crippen LogP contribution in [-0.2, 0) is 11.8 Å². The number of likely N-dealkylation sites (N-methyl/N-ethyl adjacent to an activating group) is 1. The van der Waals surface area contributed by atoms with Crippen LogP contribution < -0.4 is 5.32 Å². The molecule has 0 fully saturated rings. The molecule has 1 N–H and O–H groups in total. The molecular formula is C20H27N. The highest BCUT2D eigenvalue weighted by molar-refractivity contribution is 5.30. The number of hydrogen-bond donors (Lipinski definition) is 1. The van der Waals surface area contributed by atoms with Gasteiger partial charge in [0.2, 0.25) is 0 Å². The van der Waals surface area contributed by atoms with Gasteiger partial charge < -0.3 is 5.32 Å². The summed E-state index contributed by atoms with van der Waals surface area (Å²) in [4.78, 5) is 0. The van der Waals surface area contributed by atoms with Gasteiger partial charge in [0.05, 0.1) is 0 Å². The first-order valence-corrected chi connectivity index (χ1v) is 7.88. The molecule has 2 aromatic carbocycles. The van der Waals surface area contributed by atoms with E-state index in [4.69, 9.17) is 0 Å². The van der Waals surface area contributed by atoms with Gasteiger partial charge in [-0.2, -0.15) is 0 Å². The van der Waals surface area contributed by atoms with Crippen LogP contribution in [0.2, 0.25) is 0 Å². The Balaban J connectivity index is 2.18. The lowest BCUT2D eigenvalue weighted by Gasteiger charge is -2.22. The summed E-state index contributed by atoms with van der Waals surface area (Å²) in [5.74, 6) is 0. The van der Waals surface area contributed by atoms with Gasteiger partial charge in [0, 0.05) is 6.04 Å². The molecule has 0 aromatic heterocycles. The average molecular weight is 281 g/mol.